The van der Waals surface area contributed by atoms with Crippen molar-refractivity contribution in [1.29, 1.82) is 0 Å². The Morgan fingerprint density at radius 2 is 1.32 bits per heavy atom. The van der Waals surface area contributed by atoms with Crippen molar-refractivity contribution in [2.75, 3.05) is 26.4 Å². The summed E-state index contributed by atoms with van der Waals surface area (Å²) in [4.78, 5) is 34.9. The summed E-state index contributed by atoms with van der Waals surface area (Å²) in [6.45, 7) is 8.36. The van der Waals surface area contributed by atoms with E-state index in [2.05, 4.69) is 13.2 Å². The van der Waals surface area contributed by atoms with E-state index < -0.39 is 24.0 Å². The normalized spacial score (nSPS) is 11.1. The molecule has 3 rings (SSSR count). The van der Waals surface area contributed by atoms with E-state index in [1.807, 2.05) is 36.4 Å². The Labute approximate surface area is 232 Å². The van der Waals surface area contributed by atoms with Gasteiger partial charge in [-0.1, -0.05) is 37.4 Å². The highest BCUT2D eigenvalue weighted by atomic mass is 16.6. The molecule has 3 aromatic carbocycles. The summed E-state index contributed by atoms with van der Waals surface area (Å²) in [5, 5.41) is 9.89. The number of hydrogen-bond acceptors (Lipinski definition) is 9. The van der Waals surface area contributed by atoms with E-state index in [1.54, 1.807) is 36.4 Å². The van der Waals surface area contributed by atoms with Gasteiger partial charge >= 0.3 is 17.9 Å². The van der Waals surface area contributed by atoms with Crippen LogP contribution in [0.2, 0.25) is 0 Å². The highest BCUT2D eigenvalue weighted by Crippen LogP contribution is 2.25. The van der Waals surface area contributed by atoms with Crippen LogP contribution in [0, 0.1) is 0 Å². The van der Waals surface area contributed by atoms with Crippen LogP contribution in [0.3, 0.4) is 0 Å². The van der Waals surface area contributed by atoms with Crippen LogP contribution in [-0.2, 0) is 19.1 Å². The fourth-order valence-corrected chi connectivity index (χ4v) is 3.21. The minimum Gasteiger partial charge on any atom is -0.491 e. The lowest BCUT2D eigenvalue weighted by Crippen LogP contribution is -2.25. The average Bonchev–Trinajstić information content (AvgIpc) is 2.97. The topological polar surface area (TPSA) is 118 Å². The van der Waals surface area contributed by atoms with Crippen molar-refractivity contribution in [3.05, 3.63) is 103 Å². The molecule has 0 saturated heterocycles. The van der Waals surface area contributed by atoms with Gasteiger partial charge in [-0.25, -0.2) is 14.4 Å². The van der Waals surface area contributed by atoms with Gasteiger partial charge in [0.1, 0.15) is 49.8 Å². The van der Waals surface area contributed by atoms with E-state index in [-0.39, 0.29) is 32.0 Å². The van der Waals surface area contributed by atoms with Crippen LogP contribution in [0.25, 0.3) is 11.1 Å². The summed E-state index contributed by atoms with van der Waals surface area (Å²) < 4.78 is 26.2. The number of aliphatic hydroxyl groups excluding tert-OH is 1. The van der Waals surface area contributed by atoms with Gasteiger partial charge in [0.15, 0.2) is 0 Å². The van der Waals surface area contributed by atoms with Crippen molar-refractivity contribution in [2.45, 2.75) is 13.0 Å². The third-order valence-corrected chi connectivity index (χ3v) is 5.30. The van der Waals surface area contributed by atoms with Crippen molar-refractivity contribution in [1.82, 2.24) is 0 Å². The second-order valence-corrected chi connectivity index (χ2v) is 8.53. The van der Waals surface area contributed by atoms with Crippen molar-refractivity contribution >= 4 is 17.9 Å². The maximum absolute atomic E-state index is 12.5. The van der Waals surface area contributed by atoms with Gasteiger partial charge in [0.2, 0.25) is 0 Å². The van der Waals surface area contributed by atoms with Gasteiger partial charge in [-0.2, -0.15) is 0 Å². The molecule has 0 aliphatic carbocycles. The minimum atomic E-state index is -1.01. The van der Waals surface area contributed by atoms with Gasteiger partial charge in [0.05, 0.1) is 5.56 Å². The van der Waals surface area contributed by atoms with Crippen LogP contribution in [0.5, 0.6) is 17.2 Å². The molecule has 40 heavy (non-hydrogen) atoms. The van der Waals surface area contributed by atoms with Crippen LogP contribution < -0.4 is 14.2 Å². The molecule has 0 spiro atoms. The maximum atomic E-state index is 12.5. The van der Waals surface area contributed by atoms with Crippen LogP contribution in [0.1, 0.15) is 17.3 Å². The van der Waals surface area contributed by atoms with Crippen molar-refractivity contribution in [3.8, 4) is 28.4 Å². The monoisotopic (exact) mass is 546 g/mol. The number of ether oxygens (including phenoxy) is 5. The zero-order chi connectivity index (χ0) is 28.9. The van der Waals surface area contributed by atoms with Gasteiger partial charge in [0.25, 0.3) is 0 Å². The predicted octanol–water partition coefficient (Wildman–Crippen LogP) is 4.54. The Bertz CT molecular complexity index is 1310. The molecular weight excluding hydrogens is 516 g/mol. The molecule has 0 aromatic heterocycles. The van der Waals surface area contributed by atoms with Crippen LogP contribution in [0.4, 0.5) is 0 Å². The molecule has 1 unspecified atom stereocenters. The Morgan fingerprint density at radius 1 is 0.775 bits per heavy atom. The number of esters is 3. The van der Waals surface area contributed by atoms with Crippen LogP contribution in [0.15, 0.2) is 97.6 Å². The molecule has 0 aliphatic heterocycles. The summed E-state index contributed by atoms with van der Waals surface area (Å²) >= 11 is 0. The lowest BCUT2D eigenvalue weighted by atomic mass is 10.1. The molecule has 208 valence electrons. The lowest BCUT2D eigenvalue weighted by molar-refractivity contribution is -0.142. The molecule has 0 heterocycles. The highest BCUT2D eigenvalue weighted by molar-refractivity contribution is 5.91. The van der Waals surface area contributed by atoms with Gasteiger partial charge in [-0.15, -0.1) is 0 Å². The summed E-state index contributed by atoms with van der Waals surface area (Å²) in [5.41, 5.74) is 2.43. The first kappa shape index (κ1) is 29.7. The van der Waals surface area contributed by atoms with Gasteiger partial charge < -0.3 is 28.8 Å². The van der Waals surface area contributed by atoms with Crippen LogP contribution in [-0.4, -0.2) is 55.5 Å². The zero-order valence-electron chi connectivity index (χ0n) is 22.0. The second kappa shape index (κ2) is 14.9. The predicted molar refractivity (Wildman–Crippen MR) is 147 cm³/mol. The van der Waals surface area contributed by atoms with E-state index in [9.17, 15) is 19.5 Å². The number of hydrogen-bond donors (Lipinski definition) is 1. The largest absolute Gasteiger partial charge is 0.491 e. The highest BCUT2D eigenvalue weighted by Gasteiger charge is 2.12. The number of aliphatic hydroxyl groups is 1. The van der Waals surface area contributed by atoms with Crippen molar-refractivity contribution < 1.29 is 43.2 Å². The smallest absolute Gasteiger partial charge is 0.343 e. The van der Waals surface area contributed by atoms with Gasteiger partial charge in [-0.05, 0) is 66.6 Å². The Kier molecular flexibility index (Phi) is 11.0. The molecule has 0 bridgehead atoms. The summed E-state index contributed by atoms with van der Waals surface area (Å²) in [7, 11) is 0. The molecule has 0 saturated carbocycles. The molecule has 9 nitrogen and oxygen atoms in total. The molecule has 1 N–H and O–H groups in total. The van der Waals surface area contributed by atoms with E-state index in [1.165, 1.54) is 6.92 Å². The summed E-state index contributed by atoms with van der Waals surface area (Å²) in [5.74, 6) is -0.161. The second-order valence-electron chi connectivity index (χ2n) is 8.53. The quantitative estimate of drug-likeness (QED) is 0.135. The fraction of sp³-hybridized carbons (Fsp3) is 0.194. The number of rotatable bonds is 14. The SMILES string of the molecule is C=CC(=O)OCCOc1ccc(-c2ccc(OC(=O)c3ccc(OCC(O)COC(=O)C(=C)C)cc3)cc2)cc1. The summed E-state index contributed by atoms with van der Waals surface area (Å²) in [6, 6.07) is 20.7. The van der Waals surface area contributed by atoms with Gasteiger partial charge in [0, 0.05) is 11.6 Å². The van der Waals surface area contributed by atoms with E-state index in [4.69, 9.17) is 23.7 Å². The Hall–Kier alpha value is -4.89. The summed E-state index contributed by atoms with van der Waals surface area (Å²) in [6.07, 6.45) is 0.0865. The molecule has 0 amide bonds. The molecule has 1 atom stereocenters. The molecule has 0 aliphatic rings. The van der Waals surface area contributed by atoms with Gasteiger partial charge in [-0.3, -0.25) is 0 Å². The molecule has 9 heteroatoms. The molecule has 0 fully saturated rings. The van der Waals surface area contributed by atoms with Crippen LogP contribution >= 0.6 is 0 Å². The number of carbonyl (C=O) groups excluding carboxylic acids is 3. The third-order valence-electron chi connectivity index (χ3n) is 5.30. The Balaban J connectivity index is 1.45. The first-order valence-corrected chi connectivity index (χ1v) is 12.3. The number of carbonyl (C=O) groups is 3. The van der Waals surface area contributed by atoms with E-state index in [0.29, 0.717) is 22.8 Å². The zero-order valence-corrected chi connectivity index (χ0v) is 22.0. The first-order chi connectivity index (χ1) is 19.2. The Morgan fingerprint density at radius 3 is 1.90 bits per heavy atom. The third kappa shape index (κ3) is 9.45. The van der Waals surface area contributed by atoms with Crippen molar-refractivity contribution in [2.24, 2.45) is 0 Å². The van der Waals surface area contributed by atoms with E-state index >= 15 is 0 Å². The van der Waals surface area contributed by atoms with E-state index in [0.717, 1.165) is 17.2 Å². The minimum absolute atomic E-state index is 0.0947. The first-order valence-electron chi connectivity index (χ1n) is 12.3. The molecule has 0 radical (unpaired) electrons. The van der Waals surface area contributed by atoms with Crippen molar-refractivity contribution in [3.63, 3.8) is 0 Å². The molecule has 3 aromatic rings. The molecular formula is C31H30O9. The standard InChI is InChI=1S/C31H30O9/c1-4-29(33)37-18-17-36-26-11-5-22(6-12-26)23-7-15-28(16-8-23)40-31(35)24-9-13-27(14-10-24)38-19-25(32)20-39-30(34)21(2)3/h4-16,25,32H,1-2,17-20H2,3H3. The fourth-order valence-electron chi connectivity index (χ4n) is 3.21. The lowest BCUT2D eigenvalue weighted by Gasteiger charge is -2.13. The number of benzene rings is 3. The maximum Gasteiger partial charge on any atom is 0.343 e. The average molecular weight is 547 g/mol.